The Bertz CT molecular complexity index is 393. The van der Waals surface area contributed by atoms with Gasteiger partial charge in [0.2, 0.25) is 0 Å². The summed E-state index contributed by atoms with van der Waals surface area (Å²) in [7, 11) is 0. The molecule has 1 aromatic rings. The van der Waals surface area contributed by atoms with E-state index in [9.17, 15) is 5.11 Å². The first-order valence-electron chi connectivity index (χ1n) is 5.67. The number of hydrogen-bond acceptors (Lipinski definition) is 3. The van der Waals surface area contributed by atoms with Gasteiger partial charge in [0.15, 0.2) is 0 Å². The highest BCUT2D eigenvalue weighted by Crippen LogP contribution is 2.26. The Morgan fingerprint density at radius 3 is 3.00 bits per heavy atom. The highest BCUT2D eigenvalue weighted by atomic mass is 16.3. The van der Waals surface area contributed by atoms with Crippen LogP contribution in [0.25, 0.3) is 0 Å². The van der Waals surface area contributed by atoms with E-state index in [1.54, 1.807) is 6.34 Å². The summed E-state index contributed by atoms with van der Waals surface area (Å²) in [6.07, 6.45) is 1.78. The normalized spacial score (nSPS) is 20.8. The van der Waals surface area contributed by atoms with Crippen LogP contribution in [0, 0.1) is 6.92 Å². The van der Waals surface area contributed by atoms with Crippen LogP contribution in [-0.2, 0) is 6.61 Å². The molecular formula is C13H18N2O. The van der Waals surface area contributed by atoms with Gasteiger partial charge in [0.1, 0.15) is 0 Å². The van der Waals surface area contributed by atoms with E-state index in [0.29, 0.717) is 12.0 Å². The van der Waals surface area contributed by atoms with Crippen LogP contribution in [0.1, 0.15) is 29.5 Å². The van der Waals surface area contributed by atoms with Crippen molar-refractivity contribution in [2.24, 2.45) is 4.99 Å². The number of benzene rings is 1. The predicted molar refractivity (Wildman–Crippen MR) is 65.8 cm³/mol. The molecule has 1 heterocycles. The molecule has 0 radical (unpaired) electrons. The van der Waals surface area contributed by atoms with E-state index >= 15 is 0 Å². The molecule has 86 valence electrons. The lowest BCUT2D eigenvalue weighted by atomic mass is 9.88. The number of aliphatic hydroxyl groups excluding tert-OH is 1. The molecule has 0 aliphatic carbocycles. The topological polar surface area (TPSA) is 44.6 Å². The molecule has 0 saturated carbocycles. The fraction of sp³-hybridized carbons (Fsp3) is 0.462. The Labute approximate surface area is 96.2 Å². The van der Waals surface area contributed by atoms with Crippen molar-refractivity contribution in [3.05, 3.63) is 34.9 Å². The lowest BCUT2D eigenvalue weighted by molar-refractivity contribution is 0.281. The van der Waals surface area contributed by atoms with Crippen LogP contribution in [-0.4, -0.2) is 24.0 Å². The standard InChI is InChI=1S/C13H18N2O/c1-9-11(7-16)4-3-5-12(9)10(2)13-6-14-8-15-13/h3-5,8,10,13,16H,6-7H2,1-2H3,(H,14,15). The molecule has 2 rings (SSSR count). The van der Waals surface area contributed by atoms with Gasteiger partial charge in [0, 0.05) is 5.92 Å². The molecule has 2 atom stereocenters. The van der Waals surface area contributed by atoms with Crippen molar-refractivity contribution in [1.82, 2.24) is 5.32 Å². The maximum atomic E-state index is 9.25. The first-order valence-corrected chi connectivity index (χ1v) is 5.67. The van der Waals surface area contributed by atoms with E-state index in [-0.39, 0.29) is 6.61 Å². The molecule has 0 saturated heterocycles. The zero-order valence-corrected chi connectivity index (χ0v) is 9.77. The molecule has 0 aromatic heterocycles. The van der Waals surface area contributed by atoms with Crippen LogP contribution in [0.2, 0.25) is 0 Å². The fourth-order valence-electron chi connectivity index (χ4n) is 2.25. The Morgan fingerprint density at radius 2 is 2.38 bits per heavy atom. The summed E-state index contributed by atoms with van der Waals surface area (Å²) in [6.45, 7) is 5.23. The van der Waals surface area contributed by atoms with Crippen LogP contribution < -0.4 is 5.32 Å². The Kier molecular flexibility index (Phi) is 3.25. The first kappa shape index (κ1) is 11.1. The molecule has 0 bridgehead atoms. The van der Waals surface area contributed by atoms with Crippen LogP contribution in [0.4, 0.5) is 0 Å². The van der Waals surface area contributed by atoms with E-state index in [2.05, 4.69) is 30.2 Å². The van der Waals surface area contributed by atoms with Gasteiger partial charge in [-0.1, -0.05) is 25.1 Å². The van der Waals surface area contributed by atoms with Gasteiger partial charge < -0.3 is 10.4 Å². The van der Waals surface area contributed by atoms with Crippen molar-refractivity contribution in [2.75, 3.05) is 6.54 Å². The number of rotatable bonds is 3. The molecule has 3 nitrogen and oxygen atoms in total. The van der Waals surface area contributed by atoms with Crippen molar-refractivity contribution in [3.63, 3.8) is 0 Å². The van der Waals surface area contributed by atoms with Crippen LogP contribution >= 0.6 is 0 Å². The quantitative estimate of drug-likeness (QED) is 0.809. The zero-order valence-electron chi connectivity index (χ0n) is 9.77. The minimum absolute atomic E-state index is 0.112. The minimum Gasteiger partial charge on any atom is -0.392 e. The lowest BCUT2D eigenvalue weighted by Crippen LogP contribution is -2.30. The van der Waals surface area contributed by atoms with Gasteiger partial charge in [-0.15, -0.1) is 0 Å². The number of hydrogen-bond donors (Lipinski definition) is 2. The number of aliphatic imine (C=N–C) groups is 1. The van der Waals surface area contributed by atoms with E-state index in [4.69, 9.17) is 0 Å². The van der Waals surface area contributed by atoms with Gasteiger partial charge in [0.25, 0.3) is 0 Å². The summed E-state index contributed by atoms with van der Waals surface area (Å²) < 4.78 is 0. The van der Waals surface area contributed by atoms with Crippen molar-refractivity contribution in [2.45, 2.75) is 32.4 Å². The Morgan fingerprint density at radius 1 is 1.56 bits per heavy atom. The number of aliphatic hydroxyl groups is 1. The minimum atomic E-state index is 0.112. The van der Waals surface area contributed by atoms with Gasteiger partial charge in [-0.05, 0) is 23.6 Å². The maximum Gasteiger partial charge on any atom is 0.0827 e. The molecule has 1 aromatic carbocycles. The average Bonchev–Trinajstić information content (AvgIpc) is 2.82. The van der Waals surface area contributed by atoms with Crippen molar-refractivity contribution >= 4 is 6.34 Å². The van der Waals surface area contributed by atoms with Gasteiger partial charge in [-0.3, -0.25) is 4.99 Å². The lowest BCUT2D eigenvalue weighted by Gasteiger charge is -2.22. The molecule has 16 heavy (non-hydrogen) atoms. The summed E-state index contributed by atoms with van der Waals surface area (Å²) in [4.78, 5) is 4.20. The second kappa shape index (κ2) is 4.66. The van der Waals surface area contributed by atoms with Crippen molar-refractivity contribution in [3.8, 4) is 0 Å². The highest BCUT2D eigenvalue weighted by molar-refractivity contribution is 5.58. The van der Waals surface area contributed by atoms with Gasteiger partial charge in [-0.25, -0.2) is 0 Å². The van der Waals surface area contributed by atoms with E-state index in [0.717, 1.165) is 12.1 Å². The van der Waals surface area contributed by atoms with Gasteiger partial charge in [-0.2, -0.15) is 0 Å². The molecule has 2 N–H and O–H groups in total. The molecule has 1 aliphatic heterocycles. The van der Waals surface area contributed by atoms with E-state index < -0.39 is 0 Å². The fourth-order valence-corrected chi connectivity index (χ4v) is 2.25. The molecule has 0 spiro atoms. The second-order valence-electron chi connectivity index (χ2n) is 4.35. The molecule has 3 heteroatoms. The summed E-state index contributed by atoms with van der Waals surface area (Å²) in [5.41, 5.74) is 3.52. The average molecular weight is 218 g/mol. The third kappa shape index (κ3) is 1.95. The maximum absolute atomic E-state index is 9.25. The first-order chi connectivity index (χ1) is 7.74. The van der Waals surface area contributed by atoms with Crippen molar-refractivity contribution in [1.29, 1.82) is 0 Å². The van der Waals surface area contributed by atoms with E-state index in [1.165, 1.54) is 11.1 Å². The van der Waals surface area contributed by atoms with Gasteiger partial charge >= 0.3 is 0 Å². The highest BCUT2D eigenvalue weighted by Gasteiger charge is 2.21. The molecule has 2 unspecified atom stereocenters. The monoisotopic (exact) mass is 218 g/mol. The molecular weight excluding hydrogens is 200 g/mol. The third-order valence-electron chi connectivity index (χ3n) is 3.43. The molecule has 0 fully saturated rings. The Hall–Kier alpha value is -1.35. The molecule has 1 aliphatic rings. The van der Waals surface area contributed by atoms with Crippen molar-refractivity contribution < 1.29 is 5.11 Å². The largest absolute Gasteiger partial charge is 0.392 e. The third-order valence-corrected chi connectivity index (χ3v) is 3.43. The summed E-state index contributed by atoms with van der Waals surface area (Å²) in [6, 6.07) is 6.51. The predicted octanol–water partition coefficient (Wildman–Crippen LogP) is 1.59. The van der Waals surface area contributed by atoms with E-state index in [1.807, 2.05) is 12.1 Å². The second-order valence-corrected chi connectivity index (χ2v) is 4.35. The SMILES string of the molecule is Cc1c(CO)cccc1C(C)C1CN=CN1. The van der Waals surface area contributed by atoms with Crippen LogP contribution in [0.15, 0.2) is 23.2 Å². The zero-order chi connectivity index (χ0) is 11.5. The van der Waals surface area contributed by atoms with Gasteiger partial charge in [0.05, 0.1) is 25.5 Å². The summed E-state index contributed by atoms with van der Waals surface area (Å²) >= 11 is 0. The smallest absolute Gasteiger partial charge is 0.0827 e. The summed E-state index contributed by atoms with van der Waals surface area (Å²) in [5, 5.41) is 12.5. The van der Waals surface area contributed by atoms with Crippen LogP contribution in [0.3, 0.4) is 0 Å². The summed E-state index contributed by atoms with van der Waals surface area (Å²) in [5.74, 6) is 0.411. The number of nitrogens with one attached hydrogen (secondary N) is 1. The number of nitrogens with zero attached hydrogens (tertiary/aromatic N) is 1. The molecule has 0 amide bonds. The Balaban J connectivity index is 2.25. The van der Waals surface area contributed by atoms with Crippen LogP contribution in [0.5, 0.6) is 0 Å².